The Hall–Kier alpha value is -1.75. The van der Waals surface area contributed by atoms with Gasteiger partial charge in [-0.05, 0) is 41.8 Å². The number of hydrogen-bond acceptors (Lipinski definition) is 3. The minimum absolute atomic E-state index is 0.307. The molecule has 2 aromatic rings. The van der Waals surface area contributed by atoms with Gasteiger partial charge in [0.2, 0.25) is 0 Å². The number of carbonyl (C=O) groups excluding carboxylic acids is 1. The average Bonchev–Trinajstić information content (AvgIpc) is 2.41. The molecule has 19 heavy (non-hydrogen) atoms. The molecule has 1 aromatic heterocycles. The molecule has 98 valence electrons. The second kappa shape index (κ2) is 5.09. The van der Waals surface area contributed by atoms with Crippen molar-refractivity contribution in [1.29, 1.82) is 0 Å². The Kier molecular flexibility index (Phi) is 3.66. The molecule has 3 nitrogen and oxygen atoms in total. The van der Waals surface area contributed by atoms with Gasteiger partial charge in [-0.15, -0.1) is 0 Å². The summed E-state index contributed by atoms with van der Waals surface area (Å²) in [6.45, 7) is 1.65. The van der Waals surface area contributed by atoms with Crippen LogP contribution in [0.4, 0.5) is 10.2 Å². The number of aromatic nitrogens is 1. The molecule has 0 aliphatic heterocycles. The van der Waals surface area contributed by atoms with Crippen molar-refractivity contribution >= 4 is 28.0 Å². The fourth-order valence-corrected chi connectivity index (χ4v) is 2.34. The predicted molar refractivity (Wildman–Crippen MR) is 75.6 cm³/mol. The van der Waals surface area contributed by atoms with Gasteiger partial charge in [0, 0.05) is 6.20 Å². The van der Waals surface area contributed by atoms with Gasteiger partial charge < -0.3 is 10.5 Å². The van der Waals surface area contributed by atoms with Crippen LogP contribution in [0, 0.1) is 12.7 Å². The summed E-state index contributed by atoms with van der Waals surface area (Å²) in [6, 6.07) is 7.85. The van der Waals surface area contributed by atoms with E-state index >= 15 is 0 Å². The summed E-state index contributed by atoms with van der Waals surface area (Å²) in [5.74, 6) is 0.0146. The lowest BCUT2D eigenvalue weighted by Crippen LogP contribution is -2.22. The number of rotatable bonds is 3. The van der Waals surface area contributed by atoms with Gasteiger partial charge in [-0.3, -0.25) is 0 Å². The molecule has 1 aromatic carbocycles. The van der Waals surface area contributed by atoms with Gasteiger partial charge in [0.1, 0.15) is 22.2 Å². The number of nitrogens with zero attached hydrogens (tertiary/aromatic N) is 1. The van der Waals surface area contributed by atoms with Crippen molar-refractivity contribution in [2.24, 2.45) is 0 Å². The third-order valence-electron chi connectivity index (χ3n) is 2.94. The Morgan fingerprint density at radius 2 is 2.00 bits per heavy atom. The van der Waals surface area contributed by atoms with Gasteiger partial charge in [-0.25, -0.2) is 9.37 Å². The molecule has 0 fully saturated rings. The number of halogens is 2. The Bertz CT molecular complexity index is 633. The van der Waals surface area contributed by atoms with Crippen LogP contribution in [0.2, 0.25) is 0 Å². The Balaban J connectivity index is 2.59. The molecule has 0 amide bonds. The lowest BCUT2D eigenvalue weighted by molar-refractivity contribution is -0.109. The molecular formula is C14H12BrFN2O. The zero-order chi connectivity index (χ0) is 14.0. The van der Waals surface area contributed by atoms with Crippen LogP contribution >= 0.6 is 15.9 Å². The van der Waals surface area contributed by atoms with E-state index in [0.29, 0.717) is 22.5 Å². The first-order chi connectivity index (χ1) is 8.97. The number of nitrogen functional groups attached to an aromatic ring is 1. The van der Waals surface area contributed by atoms with E-state index in [1.54, 1.807) is 31.2 Å². The molecule has 2 N–H and O–H groups in total. The van der Waals surface area contributed by atoms with Crippen molar-refractivity contribution in [3.05, 3.63) is 59.0 Å². The summed E-state index contributed by atoms with van der Waals surface area (Å²) in [5.41, 5.74) is 7.41. The molecular weight excluding hydrogens is 311 g/mol. The van der Waals surface area contributed by atoms with Crippen molar-refractivity contribution in [2.75, 3.05) is 5.73 Å². The molecule has 0 radical (unpaired) electrons. The van der Waals surface area contributed by atoms with Crippen molar-refractivity contribution in [3.8, 4) is 0 Å². The van der Waals surface area contributed by atoms with Crippen molar-refractivity contribution in [1.82, 2.24) is 4.98 Å². The largest absolute Gasteiger partial charge is 0.384 e. The second-order valence-corrected chi connectivity index (χ2v) is 5.51. The SMILES string of the molecule is Cc1cc(C(Br)(C=O)c2ccnc(N)c2)ccc1F. The highest BCUT2D eigenvalue weighted by atomic mass is 79.9. The van der Waals surface area contributed by atoms with Crippen LogP contribution in [-0.2, 0) is 9.12 Å². The summed E-state index contributed by atoms with van der Waals surface area (Å²) < 4.78 is 12.3. The highest BCUT2D eigenvalue weighted by Crippen LogP contribution is 2.37. The fourth-order valence-electron chi connectivity index (χ4n) is 1.85. The Morgan fingerprint density at radius 3 is 2.58 bits per heavy atom. The fraction of sp³-hybridized carbons (Fsp3) is 0.143. The number of alkyl halides is 1. The van der Waals surface area contributed by atoms with E-state index in [0.717, 1.165) is 6.29 Å². The summed E-state index contributed by atoms with van der Waals surface area (Å²) in [6.07, 6.45) is 2.29. The van der Waals surface area contributed by atoms with Gasteiger partial charge in [-0.2, -0.15) is 0 Å². The molecule has 1 atom stereocenters. The number of aldehydes is 1. The van der Waals surface area contributed by atoms with Crippen LogP contribution in [0.15, 0.2) is 36.5 Å². The smallest absolute Gasteiger partial charge is 0.145 e. The first kappa shape index (κ1) is 13.7. The van der Waals surface area contributed by atoms with Crippen LogP contribution in [0.1, 0.15) is 16.7 Å². The molecule has 5 heteroatoms. The standard InChI is InChI=1S/C14H12BrFN2O/c1-9-6-10(2-3-12(9)16)14(15,8-19)11-4-5-18-13(17)7-11/h2-8H,1H3,(H2,17,18). The normalized spacial score (nSPS) is 13.8. The number of anilines is 1. The summed E-state index contributed by atoms with van der Waals surface area (Å²) in [4.78, 5) is 15.4. The topological polar surface area (TPSA) is 56.0 Å². The molecule has 2 rings (SSSR count). The van der Waals surface area contributed by atoms with Crippen LogP contribution < -0.4 is 5.73 Å². The third kappa shape index (κ3) is 2.51. The van der Waals surface area contributed by atoms with E-state index in [4.69, 9.17) is 5.73 Å². The third-order valence-corrected chi connectivity index (χ3v) is 4.04. The van der Waals surface area contributed by atoms with Gasteiger partial charge in [0.15, 0.2) is 0 Å². The minimum Gasteiger partial charge on any atom is -0.384 e. The van der Waals surface area contributed by atoms with Crippen LogP contribution in [-0.4, -0.2) is 11.3 Å². The first-order valence-electron chi connectivity index (χ1n) is 5.61. The minimum atomic E-state index is -1.05. The maximum Gasteiger partial charge on any atom is 0.145 e. The number of benzene rings is 1. The molecule has 0 aliphatic rings. The molecule has 0 spiro atoms. The first-order valence-corrected chi connectivity index (χ1v) is 6.40. The molecule has 1 unspecified atom stereocenters. The van der Waals surface area contributed by atoms with Crippen molar-refractivity contribution in [3.63, 3.8) is 0 Å². The lowest BCUT2D eigenvalue weighted by atomic mass is 9.92. The maximum absolute atomic E-state index is 13.3. The predicted octanol–water partition coefficient (Wildman–Crippen LogP) is 2.95. The summed E-state index contributed by atoms with van der Waals surface area (Å²) in [7, 11) is 0. The van der Waals surface area contributed by atoms with Crippen LogP contribution in [0.3, 0.4) is 0 Å². The van der Waals surface area contributed by atoms with E-state index in [1.807, 2.05) is 0 Å². The monoisotopic (exact) mass is 322 g/mol. The van der Waals surface area contributed by atoms with Crippen LogP contribution in [0.25, 0.3) is 0 Å². The molecule has 0 saturated carbocycles. The number of pyridine rings is 1. The van der Waals surface area contributed by atoms with Gasteiger partial charge in [0.25, 0.3) is 0 Å². The summed E-state index contributed by atoms with van der Waals surface area (Å²) in [5, 5.41) is 0. The van der Waals surface area contributed by atoms with E-state index in [2.05, 4.69) is 20.9 Å². The van der Waals surface area contributed by atoms with Crippen LogP contribution in [0.5, 0.6) is 0 Å². The van der Waals surface area contributed by atoms with E-state index in [9.17, 15) is 9.18 Å². The van der Waals surface area contributed by atoms with Crippen molar-refractivity contribution < 1.29 is 9.18 Å². The quantitative estimate of drug-likeness (QED) is 0.698. The molecule has 0 bridgehead atoms. The maximum atomic E-state index is 13.3. The number of carbonyl (C=O) groups is 1. The highest BCUT2D eigenvalue weighted by Gasteiger charge is 2.31. The van der Waals surface area contributed by atoms with E-state index in [-0.39, 0.29) is 5.82 Å². The van der Waals surface area contributed by atoms with E-state index < -0.39 is 4.32 Å². The number of nitrogens with two attached hydrogens (primary N) is 1. The number of hydrogen-bond donors (Lipinski definition) is 1. The number of aryl methyl sites for hydroxylation is 1. The molecule has 0 aliphatic carbocycles. The Morgan fingerprint density at radius 1 is 1.32 bits per heavy atom. The van der Waals surface area contributed by atoms with Gasteiger partial charge >= 0.3 is 0 Å². The molecule has 1 heterocycles. The second-order valence-electron chi connectivity index (χ2n) is 4.26. The Labute approximate surface area is 118 Å². The zero-order valence-electron chi connectivity index (χ0n) is 10.2. The highest BCUT2D eigenvalue weighted by molar-refractivity contribution is 9.10. The van der Waals surface area contributed by atoms with Gasteiger partial charge in [0.05, 0.1) is 0 Å². The molecule has 0 saturated heterocycles. The average molecular weight is 323 g/mol. The van der Waals surface area contributed by atoms with Crippen molar-refractivity contribution in [2.45, 2.75) is 11.2 Å². The van der Waals surface area contributed by atoms with E-state index in [1.165, 1.54) is 12.3 Å². The zero-order valence-corrected chi connectivity index (χ0v) is 11.8. The lowest BCUT2D eigenvalue weighted by Gasteiger charge is -2.22. The van der Waals surface area contributed by atoms with Gasteiger partial charge in [-0.1, -0.05) is 28.1 Å². The summed E-state index contributed by atoms with van der Waals surface area (Å²) >= 11 is 3.42.